The number of carbonyl (C=O) groups excluding carboxylic acids is 2. The van der Waals surface area contributed by atoms with Crippen LogP contribution in [0.3, 0.4) is 0 Å². The van der Waals surface area contributed by atoms with Crippen LogP contribution in [0.15, 0.2) is 41.4 Å². The van der Waals surface area contributed by atoms with E-state index in [9.17, 15) is 9.59 Å². The molecule has 0 radical (unpaired) electrons. The molecule has 2 aromatic carbocycles. The number of nitrogens with zero attached hydrogens (tertiary/aromatic N) is 2. The fraction of sp³-hybridized carbons (Fsp3) is 0.261. The fourth-order valence-electron chi connectivity index (χ4n) is 3.06. The number of esters is 1. The smallest absolute Gasteiger partial charge is 0.338 e. The van der Waals surface area contributed by atoms with Crippen LogP contribution in [0.1, 0.15) is 22.8 Å². The summed E-state index contributed by atoms with van der Waals surface area (Å²) in [6, 6.07) is 10.5. The standard InChI is InChI=1S/C23H22N2O5S/c1-5-11-25-17-9-8-16(22(27)30-6-2)14-20(17)31-23(25)24-21(26)13-15-7-10-18(28-3)19(12-15)29-4/h1,7-10,12,14H,6,11,13H2,2-4H3. The lowest BCUT2D eigenvalue weighted by atomic mass is 10.1. The Hall–Kier alpha value is -3.57. The van der Waals surface area contributed by atoms with Crippen molar-refractivity contribution in [3.05, 3.63) is 52.3 Å². The second kappa shape index (κ2) is 9.96. The van der Waals surface area contributed by atoms with Crippen molar-refractivity contribution in [3.8, 4) is 23.8 Å². The number of ether oxygens (including phenoxy) is 3. The van der Waals surface area contributed by atoms with E-state index in [1.807, 2.05) is 0 Å². The molecule has 31 heavy (non-hydrogen) atoms. The summed E-state index contributed by atoms with van der Waals surface area (Å²) in [6.45, 7) is 2.30. The minimum atomic E-state index is -0.399. The Bertz CT molecular complexity index is 1230. The quantitative estimate of drug-likeness (QED) is 0.418. The third-order valence-corrected chi connectivity index (χ3v) is 5.51. The molecule has 0 aliphatic carbocycles. The first kappa shape index (κ1) is 22.1. The van der Waals surface area contributed by atoms with Gasteiger partial charge >= 0.3 is 5.97 Å². The topological polar surface area (TPSA) is 79.1 Å². The zero-order valence-electron chi connectivity index (χ0n) is 17.5. The molecule has 0 saturated heterocycles. The van der Waals surface area contributed by atoms with Crippen LogP contribution in [0, 0.1) is 12.3 Å². The molecular formula is C23H22N2O5S. The number of hydrogen-bond acceptors (Lipinski definition) is 6. The summed E-state index contributed by atoms with van der Waals surface area (Å²) in [7, 11) is 3.09. The van der Waals surface area contributed by atoms with E-state index in [0.717, 1.165) is 15.8 Å². The lowest BCUT2D eigenvalue weighted by molar-refractivity contribution is -0.117. The highest BCUT2D eigenvalue weighted by molar-refractivity contribution is 7.16. The van der Waals surface area contributed by atoms with Crippen LogP contribution in [0.2, 0.25) is 0 Å². The normalized spacial score (nSPS) is 11.2. The highest BCUT2D eigenvalue weighted by Crippen LogP contribution is 2.27. The van der Waals surface area contributed by atoms with Gasteiger partial charge in [-0.1, -0.05) is 23.3 Å². The number of rotatable bonds is 7. The van der Waals surface area contributed by atoms with E-state index in [1.54, 1.807) is 55.0 Å². The monoisotopic (exact) mass is 438 g/mol. The molecule has 7 nitrogen and oxygen atoms in total. The summed E-state index contributed by atoms with van der Waals surface area (Å²) >= 11 is 1.29. The molecule has 0 saturated carbocycles. The Balaban J connectivity index is 1.96. The van der Waals surface area contributed by atoms with Gasteiger partial charge in [0.05, 0.1) is 49.6 Å². The number of thiazole rings is 1. The van der Waals surface area contributed by atoms with Crippen molar-refractivity contribution in [2.75, 3.05) is 20.8 Å². The largest absolute Gasteiger partial charge is 0.493 e. The van der Waals surface area contributed by atoms with Crippen LogP contribution < -0.4 is 14.3 Å². The Kier molecular flexibility index (Phi) is 7.11. The van der Waals surface area contributed by atoms with Gasteiger partial charge in [-0.3, -0.25) is 4.79 Å². The van der Waals surface area contributed by atoms with Crippen LogP contribution in [0.25, 0.3) is 10.2 Å². The second-order valence-corrected chi connectivity index (χ2v) is 7.46. The van der Waals surface area contributed by atoms with Gasteiger partial charge < -0.3 is 18.8 Å². The van der Waals surface area contributed by atoms with Crippen molar-refractivity contribution in [1.82, 2.24) is 4.57 Å². The summed E-state index contributed by atoms with van der Waals surface area (Å²) in [5.74, 6) is 3.00. The molecule has 0 unspecified atom stereocenters. The van der Waals surface area contributed by atoms with E-state index >= 15 is 0 Å². The summed E-state index contributed by atoms with van der Waals surface area (Å²) in [4.78, 5) is 29.4. The minimum absolute atomic E-state index is 0.0960. The first-order chi connectivity index (χ1) is 15.0. The van der Waals surface area contributed by atoms with Crippen molar-refractivity contribution < 1.29 is 23.8 Å². The lowest BCUT2D eigenvalue weighted by Crippen LogP contribution is -2.17. The molecule has 0 atom stereocenters. The van der Waals surface area contributed by atoms with Gasteiger partial charge in [-0.25, -0.2) is 4.79 Å². The van der Waals surface area contributed by atoms with E-state index in [4.69, 9.17) is 20.6 Å². The number of amides is 1. The molecule has 0 aliphatic rings. The van der Waals surface area contributed by atoms with Gasteiger partial charge in [0.2, 0.25) is 0 Å². The zero-order valence-corrected chi connectivity index (χ0v) is 18.3. The Morgan fingerprint density at radius 3 is 2.58 bits per heavy atom. The SMILES string of the molecule is C#CCn1c(=NC(=O)Cc2ccc(OC)c(OC)c2)sc2cc(C(=O)OCC)ccc21. The maximum atomic E-state index is 12.7. The third-order valence-electron chi connectivity index (χ3n) is 4.47. The van der Waals surface area contributed by atoms with Crippen molar-refractivity contribution in [3.63, 3.8) is 0 Å². The van der Waals surface area contributed by atoms with Crippen LogP contribution in [0.5, 0.6) is 11.5 Å². The predicted molar refractivity (Wildman–Crippen MR) is 118 cm³/mol. The Morgan fingerprint density at radius 1 is 1.13 bits per heavy atom. The Morgan fingerprint density at radius 2 is 1.90 bits per heavy atom. The third kappa shape index (κ3) is 4.95. The van der Waals surface area contributed by atoms with Gasteiger partial charge in [0.15, 0.2) is 16.3 Å². The van der Waals surface area contributed by atoms with E-state index in [2.05, 4.69) is 10.9 Å². The Labute approximate surface area is 183 Å². The molecule has 1 aromatic heterocycles. The summed E-state index contributed by atoms with van der Waals surface area (Å²) in [6.07, 6.45) is 5.61. The molecular weight excluding hydrogens is 416 g/mol. The van der Waals surface area contributed by atoms with Crippen LogP contribution in [-0.2, 0) is 22.5 Å². The number of hydrogen-bond donors (Lipinski definition) is 0. The highest BCUT2D eigenvalue weighted by atomic mass is 32.1. The second-order valence-electron chi connectivity index (χ2n) is 6.45. The molecule has 0 bridgehead atoms. The molecule has 3 aromatic rings. The number of benzene rings is 2. The van der Waals surface area contributed by atoms with Gasteiger partial charge in [0.1, 0.15) is 0 Å². The number of carbonyl (C=O) groups is 2. The van der Waals surface area contributed by atoms with Crippen molar-refractivity contribution in [2.45, 2.75) is 19.9 Å². The average molecular weight is 439 g/mol. The molecule has 8 heteroatoms. The van der Waals surface area contributed by atoms with Gasteiger partial charge in [0.25, 0.3) is 5.91 Å². The summed E-state index contributed by atoms with van der Waals surface area (Å²) in [5, 5.41) is 0. The number of aromatic nitrogens is 1. The molecule has 0 fully saturated rings. The summed E-state index contributed by atoms with van der Waals surface area (Å²) in [5.41, 5.74) is 1.99. The molecule has 1 amide bonds. The first-order valence-corrected chi connectivity index (χ1v) is 10.3. The van der Waals surface area contributed by atoms with Gasteiger partial charge in [0, 0.05) is 0 Å². The molecule has 0 aliphatic heterocycles. The van der Waals surface area contributed by atoms with E-state index in [0.29, 0.717) is 28.5 Å². The zero-order chi connectivity index (χ0) is 22.4. The van der Waals surface area contributed by atoms with Crippen LogP contribution in [0.4, 0.5) is 0 Å². The number of terminal acetylenes is 1. The van der Waals surface area contributed by atoms with E-state index in [-0.39, 0.29) is 18.9 Å². The van der Waals surface area contributed by atoms with Gasteiger partial charge in [-0.2, -0.15) is 4.99 Å². The molecule has 0 N–H and O–H groups in total. The molecule has 160 valence electrons. The lowest BCUT2D eigenvalue weighted by Gasteiger charge is -2.08. The van der Waals surface area contributed by atoms with Crippen molar-refractivity contribution in [2.24, 2.45) is 4.99 Å². The first-order valence-electron chi connectivity index (χ1n) is 9.53. The van der Waals surface area contributed by atoms with Crippen molar-refractivity contribution >= 4 is 33.4 Å². The van der Waals surface area contributed by atoms with Crippen LogP contribution in [-0.4, -0.2) is 37.3 Å². The van der Waals surface area contributed by atoms with Gasteiger partial charge in [-0.15, -0.1) is 6.42 Å². The number of fused-ring (bicyclic) bond motifs is 1. The minimum Gasteiger partial charge on any atom is -0.493 e. The van der Waals surface area contributed by atoms with Crippen LogP contribution >= 0.6 is 11.3 Å². The maximum absolute atomic E-state index is 12.7. The maximum Gasteiger partial charge on any atom is 0.338 e. The predicted octanol–water partition coefficient (Wildman–Crippen LogP) is 3.20. The van der Waals surface area contributed by atoms with Crippen molar-refractivity contribution in [1.29, 1.82) is 0 Å². The van der Waals surface area contributed by atoms with E-state index in [1.165, 1.54) is 18.4 Å². The highest BCUT2D eigenvalue weighted by Gasteiger charge is 2.13. The van der Waals surface area contributed by atoms with Gasteiger partial charge in [-0.05, 0) is 42.8 Å². The molecule has 3 rings (SSSR count). The number of methoxy groups -OCH3 is 2. The summed E-state index contributed by atoms with van der Waals surface area (Å²) < 4.78 is 18.1. The molecule has 1 heterocycles. The molecule has 0 spiro atoms. The fourth-order valence-corrected chi connectivity index (χ4v) is 4.14. The van der Waals surface area contributed by atoms with E-state index < -0.39 is 5.97 Å². The average Bonchev–Trinajstić information content (AvgIpc) is 3.10.